The number of aliphatic hydroxyl groups excluding tert-OH is 4. The van der Waals surface area contributed by atoms with Gasteiger partial charge in [-0.15, -0.1) is 0 Å². The van der Waals surface area contributed by atoms with Crippen molar-refractivity contribution in [3.63, 3.8) is 0 Å². The molecule has 1 aromatic heterocycles. The van der Waals surface area contributed by atoms with E-state index < -0.39 is 37.0 Å². The van der Waals surface area contributed by atoms with Crippen molar-refractivity contribution in [3.8, 4) is 5.75 Å². The van der Waals surface area contributed by atoms with E-state index in [1.54, 1.807) is 12.1 Å². The molecular formula is C24H29NO7. The molecule has 1 aliphatic heterocycles. The van der Waals surface area contributed by atoms with Gasteiger partial charge in [-0.05, 0) is 48.1 Å². The quantitative estimate of drug-likeness (QED) is 0.300. The van der Waals surface area contributed by atoms with Gasteiger partial charge in [-0.3, -0.25) is 0 Å². The molecule has 0 bridgehead atoms. The van der Waals surface area contributed by atoms with Crippen LogP contribution >= 0.6 is 0 Å². The third-order valence-corrected chi connectivity index (χ3v) is 6.10. The summed E-state index contributed by atoms with van der Waals surface area (Å²) in [6, 6.07) is 13.6. The van der Waals surface area contributed by atoms with Crippen LogP contribution in [-0.2, 0) is 24.0 Å². The Bertz CT molecular complexity index is 1050. The van der Waals surface area contributed by atoms with Gasteiger partial charge >= 0.3 is 0 Å². The van der Waals surface area contributed by atoms with Crippen LogP contribution in [0.25, 0.3) is 10.9 Å². The molecule has 2 heterocycles. The number of aliphatic hydroxyl groups is 5. The minimum atomic E-state index is -2.62. The molecule has 0 amide bonds. The van der Waals surface area contributed by atoms with Crippen LogP contribution in [0.15, 0.2) is 48.7 Å². The zero-order valence-corrected chi connectivity index (χ0v) is 17.8. The van der Waals surface area contributed by atoms with E-state index >= 15 is 0 Å². The van der Waals surface area contributed by atoms with E-state index in [1.807, 2.05) is 12.3 Å². The van der Waals surface area contributed by atoms with Gasteiger partial charge in [0.1, 0.15) is 18.0 Å². The van der Waals surface area contributed by atoms with Crippen molar-refractivity contribution in [1.82, 2.24) is 4.98 Å². The molecule has 6 N–H and O–H groups in total. The Labute approximate surface area is 185 Å². The first-order valence-corrected chi connectivity index (χ1v) is 10.8. The summed E-state index contributed by atoms with van der Waals surface area (Å²) in [6.07, 6.45) is -2.44. The molecule has 8 heteroatoms. The average molecular weight is 443 g/mol. The van der Waals surface area contributed by atoms with Crippen molar-refractivity contribution in [2.45, 2.75) is 56.6 Å². The molecule has 0 radical (unpaired) electrons. The maximum atomic E-state index is 10.9. The first-order valence-electron chi connectivity index (χ1n) is 10.8. The molecule has 1 fully saturated rings. The molecule has 2 aromatic carbocycles. The van der Waals surface area contributed by atoms with E-state index in [0.717, 1.165) is 23.9 Å². The molecule has 0 spiro atoms. The first-order chi connectivity index (χ1) is 15.4. The third-order valence-electron chi connectivity index (χ3n) is 6.10. The second kappa shape index (κ2) is 9.19. The molecule has 4 rings (SSSR count). The molecule has 8 nitrogen and oxygen atoms in total. The van der Waals surface area contributed by atoms with Gasteiger partial charge in [0.2, 0.25) is 6.29 Å². The van der Waals surface area contributed by atoms with E-state index in [9.17, 15) is 25.5 Å². The summed E-state index contributed by atoms with van der Waals surface area (Å²) in [6.45, 7) is 1.48. The van der Waals surface area contributed by atoms with Crippen LogP contribution in [0.3, 0.4) is 0 Å². The molecule has 0 saturated carbocycles. The standard InChI is InChI=1S/C24H29NO7/c1-2-14-6-8-15(9-7-14)10-11-16-12-25-17-4-3-5-18(20(16)17)32-24(30)22(28)21(27)19(13-26)31-23(24)29/h3-9,12,19,21-23,25-30H,2,10-11,13H2,1H3/t19-,21-,22+,23-,24+/m1/s1. The zero-order chi connectivity index (χ0) is 22.9. The fraction of sp³-hybridized carbons (Fsp3) is 0.417. The van der Waals surface area contributed by atoms with E-state index in [1.165, 1.54) is 11.1 Å². The van der Waals surface area contributed by atoms with Crippen LogP contribution in [0.2, 0.25) is 0 Å². The maximum Gasteiger partial charge on any atom is 0.288 e. The fourth-order valence-corrected chi connectivity index (χ4v) is 4.10. The van der Waals surface area contributed by atoms with E-state index in [2.05, 4.69) is 36.2 Å². The van der Waals surface area contributed by atoms with Crippen LogP contribution < -0.4 is 4.74 Å². The van der Waals surface area contributed by atoms with Crippen LogP contribution in [0.5, 0.6) is 5.75 Å². The molecule has 3 aromatic rings. The van der Waals surface area contributed by atoms with Crippen molar-refractivity contribution in [3.05, 3.63) is 65.4 Å². The molecule has 172 valence electrons. The largest absolute Gasteiger partial charge is 0.454 e. The lowest BCUT2D eigenvalue weighted by molar-refractivity contribution is -0.385. The van der Waals surface area contributed by atoms with Gasteiger partial charge in [-0.2, -0.15) is 0 Å². The van der Waals surface area contributed by atoms with Gasteiger partial charge in [0.25, 0.3) is 5.79 Å². The summed E-state index contributed by atoms with van der Waals surface area (Å²) in [7, 11) is 0. The van der Waals surface area contributed by atoms with Gasteiger partial charge in [0.05, 0.1) is 6.61 Å². The summed E-state index contributed by atoms with van der Waals surface area (Å²) in [5, 5.41) is 51.7. The molecule has 1 aliphatic rings. The highest BCUT2D eigenvalue weighted by Crippen LogP contribution is 2.36. The van der Waals surface area contributed by atoms with Gasteiger partial charge in [0, 0.05) is 17.1 Å². The monoisotopic (exact) mass is 443 g/mol. The summed E-state index contributed by atoms with van der Waals surface area (Å²) in [5.41, 5.74) is 4.17. The van der Waals surface area contributed by atoms with Crippen molar-refractivity contribution in [2.24, 2.45) is 0 Å². The zero-order valence-electron chi connectivity index (χ0n) is 17.8. The predicted octanol–water partition coefficient (Wildman–Crippen LogP) is 1.01. The molecule has 32 heavy (non-hydrogen) atoms. The Hall–Kier alpha value is -2.46. The Balaban J connectivity index is 1.60. The predicted molar refractivity (Wildman–Crippen MR) is 117 cm³/mol. The number of rotatable bonds is 7. The van der Waals surface area contributed by atoms with Crippen LogP contribution in [0.4, 0.5) is 0 Å². The molecule has 0 aliphatic carbocycles. The number of benzene rings is 2. The van der Waals surface area contributed by atoms with Crippen molar-refractivity contribution < 1.29 is 35.0 Å². The van der Waals surface area contributed by atoms with Crippen molar-refractivity contribution in [1.29, 1.82) is 0 Å². The Morgan fingerprint density at radius 2 is 1.75 bits per heavy atom. The number of H-pyrrole nitrogens is 1. The smallest absolute Gasteiger partial charge is 0.288 e. The number of hydrogen-bond acceptors (Lipinski definition) is 7. The topological polar surface area (TPSA) is 135 Å². The Morgan fingerprint density at radius 1 is 1.03 bits per heavy atom. The van der Waals surface area contributed by atoms with Crippen LogP contribution in [0.1, 0.15) is 23.6 Å². The SMILES string of the molecule is CCc1ccc(CCc2c[nH]c3cccc(O[C@]4(O)[C@H](O)O[C@H](CO)[C@@H](O)[C@@H]4O)c23)cc1. The molecule has 5 atom stereocenters. The fourth-order valence-electron chi connectivity index (χ4n) is 4.10. The minimum absolute atomic E-state index is 0.221. The van der Waals surface area contributed by atoms with Gasteiger partial charge in [-0.25, -0.2) is 0 Å². The maximum absolute atomic E-state index is 10.9. The van der Waals surface area contributed by atoms with E-state index in [0.29, 0.717) is 11.8 Å². The summed E-state index contributed by atoms with van der Waals surface area (Å²) >= 11 is 0. The van der Waals surface area contributed by atoms with Gasteiger partial charge in [0.15, 0.2) is 6.10 Å². The van der Waals surface area contributed by atoms with Gasteiger partial charge < -0.3 is 40.0 Å². The third kappa shape index (κ3) is 4.13. The number of ether oxygens (including phenoxy) is 2. The summed E-state index contributed by atoms with van der Waals surface area (Å²) in [5.74, 6) is -2.40. The average Bonchev–Trinajstić information content (AvgIpc) is 3.23. The molecule has 0 unspecified atom stereocenters. The number of nitrogens with one attached hydrogen (secondary N) is 1. The van der Waals surface area contributed by atoms with E-state index in [4.69, 9.17) is 9.47 Å². The van der Waals surface area contributed by atoms with E-state index in [-0.39, 0.29) is 5.75 Å². The molecule has 1 saturated heterocycles. The normalized spacial score (nSPS) is 28.2. The molecular weight excluding hydrogens is 414 g/mol. The van der Waals surface area contributed by atoms with Crippen LogP contribution in [0, 0.1) is 0 Å². The van der Waals surface area contributed by atoms with Gasteiger partial charge in [-0.1, -0.05) is 37.3 Å². The lowest BCUT2D eigenvalue weighted by atomic mass is 9.95. The number of fused-ring (bicyclic) bond motifs is 1. The van der Waals surface area contributed by atoms with Crippen molar-refractivity contribution in [2.75, 3.05) is 6.61 Å². The number of aromatic amines is 1. The highest BCUT2D eigenvalue weighted by atomic mass is 16.7. The van der Waals surface area contributed by atoms with Crippen molar-refractivity contribution >= 4 is 10.9 Å². The van der Waals surface area contributed by atoms with Crippen LogP contribution in [-0.4, -0.2) is 67.5 Å². The highest BCUT2D eigenvalue weighted by molar-refractivity contribution is 5.89. The number of hydrogen-bond donors (Lipinski definition) is 6. The Morgan fingerprint density at radius 3 is 2.44 bits per heavy atom. The number of aryl methyl sites for hydroxylation is 3. The summed E-state index contributed by atoms with van der Waals surface area (Å²) < 4.78 is 10.8. The highest BCUT2D eigenvalue weighted by Gasteiger charge is 2.57. The second-order valence-corrected chi connectivity index (χ2v) is 8.16. The lowest BCUT2D eigenvalue weighted by Crippen LogP contribution is -2.69. The lowest BCUT2D eigenvalue weighted by Gasteiger charge is -2.45. The Kier molecular flexibility index (Phi) is 6.52. The summed E-state index contributed by atoms with van der Waals surface area (Å²) in [4.78, 5) is 3.18. The number of aromatic nitrogens is 1. The minimum Gasteiger partial charge on any atom is -0.454 e. The first kappa shape index (κ1) is 22.7. The second-order valence-electron chi connectivity index (χ2n) is 8.16.